The lowest BCUT2D eigenvalue weighted by molar-refractivity contribution is -0.137. The topological polar surface area (TPSA) is 77.2 Å². The first kappa shape index (κ1) is 22.0. The summed E-state index contributed by atoms with van der Waals surface area (Å²) in [4.78, 5) is 12.1. The van der Waals surface area contributed by atoms with Crippen LogP contribution in [0.4, 0.5) is 18.9 Å². The molecule has 2 aromatic carbocycles. The standard InChI is InChI=1S/C19H15ClF3N3O3S/c1-11-4-2-3-5-15(11)28-9-17-25-26-18(29-17)30-10-16(27)24-14-8-12(19(21,22)23)6-7-13(14)20/h2-8H,9-10H2,1H3,(H,24,27). The molecule has 1 aromatic heterocycles. The zero-order valence-electron chi connectivity index (χ0n) is 15.5. The molecule has 0 fully saturated rings. The zero-order chi connectivity index (χ0) is 21.7. The van der Waals surface area contributed by atoms with Crippen molar-refractivity contribution < 1.29 is 27.1 Å². The first-order valence-electron chi connectivity index (χ1n) is 8.52. The molecule has 1 heterocycles. The first-order valence-corrected chi connectivity index (χ1v) is 9.89. The molecule has 0 atom stereocenters. The average molecular weight is 458 g/mol. The van der Waals surface area contributed by atoms with Crippen molar-refractivity contribution in [1.82, 2.24) is 10.2 Å². The van der Waals surface area contributed by atoms with Crippen LogP contribution in [0.1, 0.15) is 17.0 Å². The van der Waals surface area contributed by atoms with Gasteiger partial charge in [-0.3, -0.25) is 4.79 Å². The molecule has 30 heavy (non-hydrogen) atoms. The molecule has 0 radical (unpaired) electrons. The van der Waals surface area contributed by atoms with E-state index in [1.54, 1.807) is 0 Å². The summed E-state index contributed by atoms with van der Waals surface area (Å²) in [6.45, 7) is 1.96. The molecule has 0 aliphatic rings. The third-order valence-corrected chi connectivity index (χ3v) is 4.94. The fourth-order valence-electron chi connectivity index (χ4n) is 2.32. The predicted molar refractivity (Wildman–Crippen MR) is 106 cm³/mol. The van der Waals surface area contributed by atoms with Gasteiger partial charge in [-0.2, -0.15) is 13.2 Å². The number of amides is 1. The van der Waals surface area contributed by atoms with Gasteiger partial charge >= 0.3 is 6.18 Å². The molecule has 0 unspecified atom stereocenters. The molecule has 3 aromatic rings. The Balaban J connectivity index is 1.53. The molecule has 3 rings (SSSR count). The van der Waals surface area contributed by atoms with Crippen molar-refractivity contribution in [2.45, 2.75) is 24.9 Å². The van der Waals surface area contributed by atoms with E-state index in [1.165, 1.54) is 0 Å². The summed E-state index contributed by atoms with van der Waals surface area (Å²) >= 11 is 6.80. The Bertz CT molecular complexity index is 1040. The largest absolute Gasteiger partial charge is 0.484 e. The van der Waals surface area contributed by atoms with Gasteiger partial charge in [0.2, 0.25) is 5.91 Å². The van der Waals surface area contributed by atoms with Crippen molar-refractivity contribution in [1.29, 1.82) is 0 Å². The maximum absolute atomic E-state index is 12.8. The Morgan fingerprint density at radius 3 is 2.73 bits per heavy atom. The van der Waals surface area contributed by atoms with E-state index in [9.17, 15) is 18.0 Å². The second kappa shape index (κ2) is 9.40. The molecule has 1 N–H and O–H groups in total. The minimum absolute atomic E-state index is 0.00483. The average Bonchev–Trinajstić information content (AvgIpc) is 3.14. The summed E-state index contributed by atoms with van der Waals surface area (Å²) in [5.74, 6) is 0.175. The Morgan fingerprint density at radius 2 is 2.00 bits per heavy atom. The number of nitrogens with one attached hydrogen (secondary N) is 1. The van der Waals surface area contributed by atoms with Crippen LogP contribution < -0.4 is 10.1 Å². The maximum atomic E-state index is 12.8. The number of thioether (sulfide) groups is 1. The Labute approximate surface area is 178 Å². The highest BCUT2D eigenvalue weighted by molar-refractivity contribution is 7.99. The molecule has 0 saturated carbocycles. The van der Waals surface area contributed by atoms with E-state index in [0.29, 0.717) is 5.75 Å². The molecule has 1 amide bonds. The predicted octanol–water partition coefficient (Wildman–Crippen LogP) is 5.36. The maximum Gasteiger partial charge on any atom is 0.416 e. The highest BCUT2D eigenvalue weighted by Gasteiger charge is 2.31. The number of hydrogen-bond acceptors (Lipinski definition) is 6. The van der Waals surface area contributed by atoms with Gasteiger partial charge in [0.05, 0.1) is 22.0 Å². The lowest BCUT2D eigenvalue weighted by Crippen LogP contribution is -2.15. The quantitative estimate of drug-likeness (QED) is 0.481. The van der Waals surface area contributed by atoms with E-state index in [2.05, 4.69) is 15.5 Å². The summed E-state index contributed by atoms with van der Waals surface area (Å²) in [6.07, 6.45) is -4.54. The highest BCUT2D eigenvalue weighted by atomic mass is 35.5. The van der Waals surface area contributed by atoms with Gasteiger partial charge in [-0.25, -0.2) is 0 Å². The Morgan fingerprint density at radius 1 is 1.23 bits per heavy atom. The van der Waals surface area contributed by atoms with Crippen LogP contribution in [0.15, 0.2) is 52.1 Å². The Hall–Kier alpha value is -2.72. The van der Waals surface area contributed by atoms with Crippen molar-refractivity contribution in [2.24, 2.45) is 0 Å². The number of nitrogens with zero attached hydrogens (tertiary/aromatic N) is 2. The van der Waals surface area contributed by atoms with Crippen molar-refractivity contribution in [3.63, 3.8) is 0 Å². The van der Waals surface area contributed by atoms with Crippen LogP contribution in [0, 0.1) is 6.92 Å². The number of benzene rings is 2. The van der Waals surface area contributed by atoms with E-state index in [0.717, 1.165) is 35.5 Å². The van der Waals surface area contributed by atoms with Crippen LogP contribution in [0.2, 0.25) is 5.02 Å². The fourth-order valence-corrected chi connectivity index (χ4v) is 3.07. The molecule has 0 aliphatic heterocycles. The SMILES string of the molecule is Cc1ccccc1OCc1nnc(SCC(=O)Nc2cc(C(F)(F)F)ccc2Cl)o1. The Kier molecular flexibility index (Phi) is 6.88. The van der Waals surface area contributed by atoms with Crippen molar-refractivity contribution >= 4 is 35.0 Å². The van der Waals surface area contributed by atoms with Crippen LogP contribution in [-0.4, -0.2) is 21.9 Å². The summed E-state index contributed by atoms with van der Waals surface area (Å²) in [7, 11) is 0. The first-order chi connectivity index (χ1) is 14.2. The third kappa shape index (κ3) is 5.90. The summed E-state index contributed by atoms with van der Waals surface area (Å²) in [5, 5.41) is 10.1. The van der Waals surface area contributed by atoms with Crippen LogP contribution in [-0.2, 0) is 17.6 Å². The highest BCUT2D eigenvalue weighted by Crippen LogP contribution is 2.34. The van der Waals surface area contributed by atoms with Gasteiger partial charge in [0, 0.05) is 0 Å². The van der Waals surface area contributed by atoms with Gasteiger partial charge in [0.15, 0.2) is 6.61 Å². The zero-order valence-corrected chi connectivity index (χ0v) is 17.1. The van der Waals surface area contributed by atoms with Gasteiger partial charge in [-0.15, -0.1) is 10.2 Å². The van der Waals surface area contributed by atoms with E-state index in [1.807, 2.05) is 31.2 Å². The second-order valence-electron chi connectivity index (χ2n) is 6.05. The van der Waals surface area contributed by atoms with Gasteiger partial charge in [0.1, 0.15) is 5.75 Å². The molecule has 158 valence electrons. The molecule has 6 nitrogen and oxygen atoms in total. The minimum Gasteiger partial charge on any atom is -0.484 e. The molecule has 0 aliphatic carbocycles. The number of alkyl halides is 3. The normalized spacial score (nSPS) is 11.4. The van der Waals surface area contributed by atoms with Crippen LogP contribution in [0.5, 0.6) is 5.75 Å². The molecular weight excluding hydrogens is 443 g/mol. The number of aromatic nitrogens is 2. The number of carbonyl (C=O) groups excluding carboxylic acids is 1. The van der Waals surface area contributed by atoms with E-state index < -0.39 is 17.6 Å². The number of hydrogen-bond donors (Lipinski definition) is 1. The summed E-state index contributed by atoms with van der Waals surface area (Å²) in [6, 6.07) is 10.1. The fraction of sp³-hybridized carbons (Fsp3) is 0.211. The van der Waals surface area contributed by atoms with E-state index >= 15 is 0 Å². The van der Waals surface area contributed by atoms with E-state index in [4.69, 9.17) is 20.8 Å². The molecule has 0 spiro atoms. The number of halogens is 4. The lowest BCUT2D eigenvalue weighted by atomic mass is 10.2. The number of rotatable bonds is 7. The summed E-state index contributed by atoms with van der Waals surface area (Å²) in [5.41, 5.74) is -0.0865. The molecule has 11 heteroatoms. The van der Waals surface area contributed by atoms with Gasteiger partial charge < -0.3 is 14.5 Å². The van der Waals surface area contributed by atoms with Crippen molar-refractivity contribution in [3.8, 4) is 5.75 Å². The van der Waals surface area contributed by atoms with Gasteiger partial charge in [0.25, 0.3) is 11.1 Å². The van der Waals surface area contributed by atoms with Gasteiger partial charge in [-0.05, 0) is 36.8 Å². The lowest BCUT2D eigenvalue weighted by Gasteiger charge is -2.11. The minimum atomic E-state index is -4.54. The number of anilines is 1. The van der Waals surface area contributed by atoms with Crippen molar-refractivity contribution in [3.05, 3.63) is 64.5 Å². The molecule has 0 saturated heterocycles. The molecular formula is C19H15ClF3N3O3S. The van der Waals surface area contributed by atoms with Crippen molar-refractivity contribution in [2.75, 3.05) is 11.1 Å². The third-order valence-electron chi connectivity index (χ3n) is 3.79. The van der Waals surface area contributed by atoms with E-state index in [-0.39, 0.29) is 34.2 Å². The van der Waals surface area contributed by atoms with Crippen LogP contribution in [0.25, 0.3) is 0 Å². The number of aryl methyl sites for hydroxylation is 1. The number of ether oxygens (including phenoxy) is 1. The number of para-hydroxylation sites is 1. The van der Waals surface area contributed by atoms with Crippen LogP contribution >= 0.6 is 23.4 Å². The monoisotopic (exact) mass is 457 g/mol. The number of carbonyl (C=O) groups is 1. The second-order valence-corrected chi connectivity index (χ2v) is 7.38. The van der Waals surface area contributed by atoms with Crippen LogP contribution in [0.3, 0.4) is 0 Å². The van der Waals surface area contributed by atoms with Gasteiger partial charge in [-0.1, -0.05) is 41.6 Å². The smallest absolute Gasteiger partial charge is 0.416 e. The summed E-state index contributed by atoms with van der Waals surface area (Å²) < 4.78 is 49.4. The molecule has 0 bridgehead atoms.